The Hall–Kier alpha value is -3.59. The van der Waals surface area contributed by atoms with Crippen LogP contribution in [0.1, 0.15) is 69.4 Å². The zero-order valence-electron chi connectivity index (χ0n) is 24.1. The third-order valence-electron chi connectivity index (χ3n) is 7.40. The van der Waals surface area contributed by atoms with Gasteiger partial charge in [0.2, 0.25) is 5.91 Å². The van der Waals surface area contributed by atoms with Gasteiger partial charge in [-0.25, -0.2) is 0 Å². The van der Waals surface area contributed by atoms with E-state index in [1.54, 1.807) is 12.1 Å². The number of rotatable bonds is 11. The predicted molar refractivity (Wildman–Crippen MR) is 173 cm³/mol. The van der Waals surface area contributed by atoms with Gasteiger partial charge in [-0.05, 0) is 117 Å². The fourth-order valence-corrected chi connectivity index (χ4v) is 5.78. The second-order valence-electron chi connectivity index (χ2n) is 10.5. The summed E-state index contributed by atoms with van der Waals surface area (Å²) < 4.78 is 0. The van der Waals surface area contributed by atoms with Crippen LogP contribution in [0.4, 0.5) is 5.69 Å². The van der Waals surface area contributed by atoms with Crippen LogP contribution in [0.3, 0.4) is 0 Å². The number of halogens is 2. The summed E-state index contributed by atoms with van der Waals surface area (Å²) in [7, 11) is 0. The molecule has 0 spiro atoms. The zero-order valence-corrected chi connectivity index (χ0v) is 25.6. The van der Waals surface area contributed by atoms with E-state index >= 15 is 0 Å². The minimum Gasteiger partial charge on any atom is -0.396 e. The number of benzene rings is 3. The first kappa shape index (κ1) is 31.3. The fraction of sp³-hybridized carbons (Fsp3) is 0.343. The molecule has 0 radical (unpaired) electrons. The maximum absolute atomic E-state index is 13.7. The largest absolute Gasteiger partial charge is 0.396 e. The Morgan fingerprint density at radius 1 is 0.976 bits per heavy atom. The molecule has 5 nitrogen and oxygen atoms in total. The topological polar surface area (TPSA) is 65.7 Å². The third-order valence-corrected chi connectivity index (χ3v) is 7.84. The molecule has 3 aromatic rings. The molecule has 7 heteroatoms. The van der Waals surface area contributed by atoms with Crippen molar-refractivity contribution in [3.8, 4) is 17.2 Å². The van der Waals surface area contributed by atoms with Gasteiger partial charge in [0.25, 0.3) is 0 Å². The van der Waals surface area contributed by atoms with E-state index in [9.17, 15) is 10.1 Å². The fourth-order valence-electron chi connectivity index (χ4n) is 5.21. The van der Waals surface area contributed by atoms with Crippen LogP contribution in [0, 0.1) is 11.3 Å². The number of allylic oxidation sites excluding steroid dienone is 1. The molecule has 0 atom stereocenters. The van der Waals surface area contributed by atoms with Crippen molar-refractivity contribution in [3.05, 3.63) is 99.6 Å². The second-order valence-corrected chi connectivity index (χ2v) is 11.4. The van der Waals surface area contributed by atoms with Crippen LogP contribution in [0.15, 0.2) is 83.5 Å². The van der Waals surface area contributed by atoms with E-state index in [-0.39, 0.29) is 5.91 Å². The lowest BCUT2D eigenvalue weighted by atomic mass is 9.96. The maximum atomic E-state index is 13.7. The number of hydrogen-bond donors (Lipinski definition) is 0. The van der Waals surface area contributed by atoms with Gasteiger partial charge in [-0.3, -0.25) is 4.79 Å². The van der Waals surface area contributed by atoms with E-state index in [1.807, 2.05) is 66.4 Å². The molecule has 42 heavy (non-hydrogen) atoms. The van der Waals surface area contributed by atoms with Gasteiger partial charge in [0.05, 0.1) is 17.3 Å². The van der Waals surface area contributed by atoms with Crippen LogP contribution in [-0.4, -0.2) is 24.8 Å². The van der Waals surface area contributed by atoms with Crippen LogP contribution in [-0.2, 0) is 16.1 Å². The number of anilines is 1. The first-order valence-corrected chi connectivity index (χ1v) is 15.4. The molecule has 0 aliphatic heterocycles. The van der Waals surface area contributed by atoms with E-state index in [2.05, 4.69) is 17.3 Å². The SMILES string of the molecule is CCO/N=C1/CCC/C=C(/CCN(C(=O)CCCc2cc(Cl)cc(Cl)c2)c2ccc(-c3cccc(C#N)c3)cc2)CC1. The number of oxime groups is 1. The van der Waals surface area contributed by atoms with Gasteiger partial charge in [0, 0.05) is 28.7 Å². The van der Waals surface area contributed by atoms with Crippen molar-refractivity contribution in [3.63, 3.8) is 0 Å². The Morgan fingerprint density at radius 3 is 2.50 bits per heavy atom. The highest BCUT2D eigenvalue weighted by atomic mass is 35.5. The zero-order chi connectivity index (χ0) is 29.7. The minimum atomic E-state index is 0.0902. The summed E-state index contributed by atoms with van der Waals surface area (Å²) >= 11 is 12.3. The van der Waals surface area contributed by atoms with Gasteiger partial charge in [-0.15, -0.1) is 0 Å². The summed E-state index contributed by atoms with van der Waals surface area (Å²) in [5, 5.41) is 14.8. The highest BCUT2D eigenvalue weighted by Crippen LogP contribution is 2.27. The summed E-state index contributed by atoms with van der Waals surface area (Å²) in [5.41, 5.74) is 6.97. The molecule has 0 aromatic heterocycles. The lowest BCUT2D eigenvalue weighted by molar-refractivity contribution is -0.118. The van der Waals surface area contributed by atoms with E-state index < -0.39 is 0 Å². The lowest BCUT2D eigenvalue weighted by Gasteiger charge is -2.25. The highest BCUT2D eigenvalue weighted by molar-refractivity contribution is 6.34. The van der Waals surface area contributed by atoms with Gasteiger partial charge in [0.1, 0.15) is 6.61 Å². The molecule has 3 aromatic carbocycles. The Balaban J connectivity index is 1.48. The van der Waals surface area contributed by atoms with Crippen molar-refractivity contribution in [1.29, 1.82) is 5.26 Å². The lowest BCUT2D eigenvalue weighted by Crippen LogP contribution is -2.32. The Bertz CT molecular complexity index is 1440. The van der Waals surface area contributed by atoms with Crippen LogP contribution < -0.4 is 4.90 Å². The smallest absolute Gasteiger partial charge is 0.226 e. The predicted octanol–water partition coefficient (Wildman–Crippen LogP) is 9.56. The molecular weight excluding hydrogens is 565 g/mol. The quantitative estimate of drug-likeness (QED) is 0.162. The molecule has 1 aliphatic rings. The summed E-state index contributed by atoms with van der Waals surface area (Å²) in [4.78, 5) is 20.9. The number of carbonyl (C=O) groups excluding carboxylic acids is 1. The van der Waals surface area contributed by atoms with Gasteiger partial charge >= 0.3 is 0 Å². The average Bonchev–Trinajstić information content (AvgIpc) is 2.98. The standard InChI is InChI=1S/C35H37Cl2N3O2/c1-2-42-39-33-11-4-3-7-26(13-16-33)19-20-40(35(41)12-6-8-27-22-31(36)24-32(37)23-27)34-17-14-29(15-18-34)30-10-5-9-28(21-30)25-38/h5,7,9-10,14-15,17-18,21-24H,2-4,6,8,11-13,16,19-20H2,1H3/b26-7+,39-33-. The number of hydrogen-bond acceptors (Lipinski definition) is 4. The van der Waals surface area contributed by atoms with Crippen LogP contribution in [0.2, 0.25) is 10.0 Å². The van der Waals surface area contributed by atoms with Crippen LogP contribution in [0.25, 0.3) is 11.1 Å². The number of nitrogens with zero attached hydrogens (tertiary/aromatic N) is 3. The number of nitriles is 1. The molecule has 0 heterocycles. The second kappa shape index (κ2) is 16.2. The summed E-state index contributed by atoms with van der Waals surface area (Å²) in [6.45, 7) is 3.13. The summed E-state index contributed by atoms with van der Waals surface area (Å²) in [5.74, 6) is 0.0902. The molecule has 0 N–H and O–H groups in total. The summed E-state index contributed by atoms with van der Waals surface area (Å²) in [6.07, 6.45) is 9.84. The van der Waals surface area contributed by atoms with E-state index in [4.69, 9.17) is 28.0 Å². The normalized spacial score (nSPS) is 15.7. The van der Waals surface area contributed by atoms with Gasteiger partial charge in [-0.2, -0.15) is 5.26 Å². The Kier molecular flexibility index (Phi) is 12.1. The third kappa shape index (κ3) is 9.48. The van der Waals surface area contributed by atoms with Crippen molar-refractivity contribution in [2.75, 3.05) is 18.1 Å². The van der Waals surface area contributed by atoms with Crippen molar-refractivity contribution < 1.29 is 9.63 Å². The number of aryl methyl sites for hydroxylation is 1. The Labute approximate surface area is 259 Å². The van der Waals surface area contributed by atoms with E-state index in [0.29, 0.717) is 41.6 Å². The number of carbonyl (C=O) groups is 1. The molecule has 0 saturated carbocycles. The van der Waals surface area contributed by atoms with Crippen molar-refractivity contribution in [2.24, 2.45) is 5.16 Å². The molecule has 1 aliphatic carbocycles. The highest BCUT2D eigenvalue weighted by Gasteiger charge is 2.18. The van der Waals surface area contributed by atoms with Crippen LogP contribution >= 0.6 is 23.2 Å². The monoisotopic (exact) mass is 601 g/mol. The Morgan fingerprint density at radius 2 is 1.76 bits per heavy atom. The average molecular weight is 603 g/mol. The first-order valence-electron chi connectivity index (χ1n) is 14.7. The van der Waals surface area contributed by atoms with E-state index in [0.717, 1.165) is 73.0 Å². The van der Waals surface area contributed by atoms with E-state index in [1.165, 1.54) is 5.57 Å². The molecule has 0 unspecified atom stereocenters. The molecule has 1 amide bonds. The molecule has 218 valence electrons. The van der Waals surface area contributed by atoms with Gasteiger partial charge < -0.3 is 9.74 Å². The number of amides is 1. The molecule has 4 rings (SSSR count). The summed E-state index contributed by atoms with van der Waals surface area (Å²) in [6, 6.07) is 23.3. The van der Waals surface area contributed by atoms with Gasteiger partial charge in [0.15, 0.2) is 0 Å². The maximum Gasteiger partial charge on any atom is 0.226 e. The van der Waals surface area contributed by atoms with Crippen LogP contribution in [0.5, 0.6) is 0 Å². The van der Waals surface area contributed by atoms with Gasteiger partial charge in [-0.1, -0.05) is 64.3 Å². The molecule has 0 fully saturated rings. The molecule has 0 bridgehead atoms. The van der Waals surface area contributed by atoms with Crippen molar-refractivity contribution in [1.82, 2.24) is 0 Å². The first-order chi connectivity index (χ1) is 20.4. The molecular formula is C35H37Cl2N3O2. The molecule has 0 saturated heterocycles. The minimum absolute atomic E-state index is 0.0902. The van der Waals surface area contributed by atoms with Crippen molar-refractivity contribution in [2.45, 2.75) is 64.7 Å². The van der Waals surface area contributed by atoms with Crippen molar-refractivity contribution >= 4 is 40.5 Å².